The molecule has 1 fully saturated rings. The van der Waals surface area contributed by atoms with Gasteiger partial charge in [-0.05, 0) is 24.6 Å². The SMILES string of the molecule is CCCCCC1COC(c2ccc(C#N)cc2F)OC1. The molecule has 0 aliphatic carbocycles. The molecule has 0 radical (unpaired) electrons. The second-order valence-electron chi connectivity index (χ2n) is 5.21. The predicted octanol–water partition coefficient (Wildman–Crippen LogP) is 3.94. The number of hydrogen-bond donors (Lipinski definition) is 0. The Hall–Kier alpha value is -1.44. The number of halogens is 1. The van der Waals surface area contributed by atoms with Crippen molar-refractivity contribution in [2.24, 2.45) is 5.92 Å². The zero-order valence-electron chi connectivity index (χ0n) is 11.8. The fourth-order valence-electron chi connectivity index (χ4n) is 2.36. The maximum absolute atomic E-state index is 13.9. The number of nitriles is 1. The highest BCUT2D eigenvalue weighted by Gasteiger charge is 2.25. The molecule has 1 aliphatic rings. The quantitative estimate of drug-likeness (QED) is 0.765. The normalized spacial score (nSPS) is 22.4. The maximum Gasteiger partial charge on any atom is 0.186 e. The van der Waals surface area contributed by atoms with Crippen LogP contribution in [0.5, 0.6) is 0 Å². The molecule has 20 heavy (non-hydrogen) atoms. The smallest absolute Gasteiger partial charge is 0.186 e. The Morgan fingerprint density at radius 1 is 1.30 bits per heavy atom. The van der Waals surface area contributed by atoms with Gasteiger partial charge in [0.1, 0.15) is 5.82 Å². The number of benzene rings is 1. The monoisotopic (exact) mass is 277 g/mol. The fourth-order valence-corrected chi connectivity index (χ4v) is 2.36. The molecule has 3 nitrogen and oxygen atoms in total. The Kier molecular flexibility index (Phi) is 5.51. The minimum atomic E-state index is -0.648. The van der Waals surface area contributed by atoms with Crippen molar-refractivity contribution in [1.82, 2.24) is 0 Å². The first-order chi connectivity index (χ1) is 9.74. The summed E-state index contributed by atoms with van der Waals surface area (Å²) in [7, 11) is 0. The number of rotatable bonds is 5. The van der Waals surface area contributed by atoms with Gasteiger partial charge in [0.15, 0.2) is 6.29 Å². The van der Waals surface area contributed by atoms with E-state index in [-0.39, 0.29) is 0 Å². The lowest BCUT2D eigenvalue weighted by molar-refractivity contribution is -0.207. The maximum atomic E-state index is 13.9. The van der Waals surface area contributed by atoms with Crippen LogP contribution in [0.15, 0.2) is 18.2 Å². The molecule has 0 spiro atoms. The summed E-state index contributed by atoms with van der Waals surface area (Å²) in [5.41, 5.74) is 0.676. The molecular formula is C16H20FNO2. The Bertz CT molecular complexity index is 476. The molecule has 4 heteroatoms. The van der Waals surface area contributed by atoms with Crippen LogP contribution < -0.4 is 0 Å². The van der Waals surface area contributed by atoms with Gasteiger partial charge in [0.2, 0.25) is 0 Å². The van der Waals surface area contributed by atoms with E-state index in [0.717, 1.165) is 6.42 Å². The molecule has 0 unspecified atom stereocenters. The van der Waals surface area contributed by atoms with Crippen molar-refractivity contribution in [3.63, 3.8) is 0 Å². The van der Waals surface area contributed by atoms with E-state index in [1.807, 2.05) is 6.07 Å². The van der Waals surface area contributed by atoms with Gasteiger partial charge in [-0.2, -0.15) is 5.26 Å². The lowest BCUT2D eigenvalue weighted by Crippen LogP contribution is -2.27. The molecule has 0 N–H and O–H groups in total. The summed E-state index contributed by atoms with van der Waals surface area (Å²) in [6.45, 7) is 3.39. The van der Waals surface area contributed by atoms with Gasteiger partial charge in [-0.25, -0.2) is 4.39 Å². The van der Waals surface area contributed by atoms with Crippen molar-refractivity contribution < 1.29 is 13.9 Å². The lowest BCUT2D eigenvalue weighted by Gasteiger charge is -2.29. The number of hydrogen-bond acceptors (Lipinski definition) is 3. The van der Waals surface area contributed by atoms with E-state index < -0.39 is 12.1 Å². The second-order valence-corrected chi connectivity index (χ2v) is 5.21. The first-order valence-corrected chi connectivity index (χ1v) is 7.17. The van der Waals surface area contributed by atoms with Gasteiger partial charge in [-0.1, -0.05) is 26.2 Å². The highest BCUT2D eigenvalue weighted by Crippen LogP contribution is 2.29. The Morgan fingerprint density at radius 2 is 2.05 bits per heavy atom. The largest absolute Gasteiger partial charge is 0.348 e. The second kappa shape index (κ2) is 7.37. The van der Waals surface area contributed by atoms with E-state index >= 15 is 0 Å². The summed E-state index contributed by atoms with van der Waals surface area (Å²) in [5.74, 6) is -0.0438. The van der Waals surface area contributed by atoms with Gasteiger partial charge in [-0.3, -0.25) is 0 Å². The molecule has 0 bridgehead atoms. The first-order valence-electron chi connectivity index (χ1n) is 7.17. The van der Waals surface area contributed by atoms with Gasteiger partial charge in [-0.15, -0.1) is 0 Å². The van der Waals surface area contributed by atoms with Crippen molar-refractivity contribution in [2.45, 2.75) is 38.9 Å². The van der Waals surface area contributed by atoms with Crippen LogP contribution in [0.4, 0.5) is 4.39 Å². The predicted molar refractivity (Wildman–Crippen MR) is 73.4 cm³/mol. The van der Waals surface area contributed by atoms with Crippen molar-refractivity contribution in [3.05, 3.63) is 35.1 Å². The van der Waals surface area contributed by atoms with Gasteiger partial charge >= 0.3 is 0 Å². The van der Waals surface area contributed by atoms with Crippen molar-refractivity contribution >= 4 is 0 Å². The van der Waals surface area contributed by atoms with Gasteiger partial charge in [0, 0.05) is 11.5 Å². The summed E-state index contributed by atoms with van der Waals surface area (Å²) >= 11 is 0. The third kappa shape index (κ3) is 3.78. The number of nitrogens with zero attached hydrogens (tertiary/aromatic N) is 1. The van der Waals surface area contributed by atoms with Crippen LogP contribution in [0.1, 0.15) is 50.0 Å². The van der Waals surface area contributed by atoms with E-state index in [9.17, 15) is 4.39 Å². The average Bonchev–Trinajstić information content (AvgIpc) is 2.48. The van der Waals surface area contributed by atoms with E-state index in [1.165, 1.54) is 25.3 Å². The summed E-state index contributed by atoms with van der Waals surface area (Å²) in [4.78, 5) is 0. The van der Waals surface area contributed by atoms with Crippen LogP contribution in [0, 0.1) is 23.1 Å². The van der Waals surface area contributed by atoms with Crippen LogP contribution in [0.2, 0.25) is 0 Å². The Balaban J connectivity index is 1.89. The summed E-state index contributed by atoms with van der Waals surface area (Å²) in [6.07, 6.45) is 4.06. The Morgan fingerprint density at radius 3 is 2.65 bits per heavy atom. The van der Waals surface area contributed by atoms with Crippen molar-refractivity contribution in [1.29, 1.82) is 5.26 Å². The highest BCUT2D eigenvalue weighted by molar-refractivity contribution is 5.33. The molecule has 0 aromatic heterocycles. The van der Waals surface area contributed by atoms with Gasteiger partial charge < -0.3 is 9.47 Å². The molecular weight excluding hydrogens is 257 g/mol. The average molecular weight is 277 g/mol. The molecule has 0 atom stereocenters. The van der Waals surface area contributed by atoms with E-state index in [0.29, 0.717) is 30.3 Å². The van der Waals surface area contributed by atoms with Crippen LogP contribution in [-0.4, -0.2) is 13.2 Å². The molecule has 0 amide bonds. The molecule has 0 saturated carbocycles. The van der Waals surface area contributed by atoms with E-state index in [2.05, 4.69) is 6.92 Å². The number of ether oxygens (including phenoxy) is 2. The molecule has 108 valence electrons. The standard InChI is InChI=1S/C16H20FNO2/c1-2-3-4-5-13-10-19-16(20-11-13)14-7-6-12(9-18)8-15(14)17/h6-8,13,16H,2-5,10-11H2,1H3. The van der Waals surface area contributed by atoms with E-state index in [4.69, 9.17) is 14.7 Å². The molecule has 1 aromatic carbocycles. The van der Waals surface area contributed by atoms with Crippen LogP contribution in [0.25, 0.3) is 0 Å². The highest BCUT2D eigenvalue weighted by atomic mass is 19.1. The van der Waals surface area contributed by atoms with Crippen LogP contribution >= 0.6 is 0 Å². The Labute approximate surface area is 119 Å². The van der Waals surface area contributed by atoms with Crippen LogP contribution in [-0.2, 0) is 9.47 Å². The summed E-state index contributed by atoms with van der Waals surface area (Å²) in [5, 5.41) is 8.72. The summed E-state index contributed by atoms with van der Waals surface area (Å²) in [6, 6.07) is 6.28. The topological polar surface area (TPSA) is 42.2 Å². The molecule has 1 saturated heterocycles. The molecule has 1 heterocycles. The first kappa shape index (κ1) is 15.0. The zero-order valence-corrected chi connectivity index (χ0v) is 11.8. The van der Waals surface area contributed by atoms with Crippen molar-refractivity contribution in [3.8, 4) is 6.07 Å². The van der Waals surface area contributed by atoms with Crippen LogP contribution in [0.3, 0.4) is 0 Å². The number of unbranched alkanes of at least 4 members (excludes halogenated alkanes) is 2. The van der Waals surface area contributed by atoms with E-state index in [1.54, 1.807) is 12.1 Å². The zero-order chi connectivity index (χ0) is 14.4. The van der Waals surface area contributed by atoms with Gasteiger partial charge in [0.05, 0.1) is 24.8 Å². The van der Waals surface area contributed by atoms with Gasteiger partial charge in [0.25, 0.3) is 0 Å². The fraction of sp³-hybridized carbons (Fsp3) is 0.562. The molecule has 2 rings (SSSR count). The van der Waals surface area contributed by atoms with Crippen molar-refractivity contribution in [2.75, 3.05) is 13.2 Å². The lowest BCUT2D eigenvalue weighted by atomic mass is 10.0. The summed E-state index contributed by atoms with van der Waals surface area (Å²) < 4.78 is 25.1. The molecule has 1 aliphatic heterocycles. The minimum absolute atomic E-state index is 0.305. The molecule has 1 aromatic rings. The minimum Gasteiger partial charge on any atom is -0.348 e. The third-order valence-electron chi connectivity index (χ3n) is 3.57. The third-order valence-corrected chi connectivity index (χ3v) is 3.57.